The van der Waals surface area contributed by atoms with Crippen molar-refractivity contribution >= 4 is 88.4 Å². The topological polar surface area (TPSA) is 415 Å². The lowest BCUT2D eigenvalue weighted by molar-refractivity contribution is -0.142. The maximum Gasteiger partial charge on any atom is 0.246 e. The van der Waals surface area contributed by atoms with E-state index in [0.29, 0.717) is 12.0 Å². The number of phenolic OH excluding ortho intramolecular Hbond substituents is 1. The Morgan fingerprint density at radius 2 is 1.46 bits per heavy atom. The summed E-state index contributed by atoms with van der Waals surface area (Å²) in [4.78, 5) is 140. The van der Waals surface area contributed by atoms with Crippen LogP contribution in [-0.2, 0) is 54.4 Å². The van der Waals surface area contributed by atoms with Gasteiger partial charge < -0.3 is 75.3 Å². The van der Waals surface area contributed by atoms with E-state index < -0.39 is 115 Å². The molecule has 72 heavy (non-hydrogen) atoms. The summed E-state index contributed by atoms with van der Waals surface area (Å²) in [7, 11) is 0. The molecule has 9 atom stereocenters. The number of guanidine groups is 1. The van der Waals surface area contributed by atoms with Crippen LogP contribution in [-0.4, -0.2) is 177 Å². The first-order valence-corrected chi connectivity index (χ1v) is 26.0. The summed E-state index contributed by atoms with van der Waals surface area (Å²) < 4.78 is 0. The molecular formula is C45H71N13O12S2. The predicted octanol–water partition coefficient (Wildman–Crippen LogP) is -4.15. The normalized spacial score (nSPS) is 24.8. The van der Waals surface area contributed by atoms with E-state index in [2.05, 4.69) is 42.2 Å². The van der Waals surface area contributed by atoms with Crippen molar-refractivity contribution in [2.24, 2.45) is 27.9 Å². The Kier molecular flexibility index (Phi) is 25.6. The minimum atomic E-state index is -1.74. The number of amides is 9. The number of aliphatic hydroxyl groups excluding tert-OH is 1. The van der Waals surface area contributed by atoms with Gasteiger partial charge in [0, 0.05) is 43.5 Å². The molecule has 27 heteroatoms. The van der Waals surface area contributed by atoms with E-state index in [-0.39, 0.29) is 91.7 Å². The zero-order chi connectivity index (χ0) is 53.5. The van der Waals surface area contributed by atoms with Crippen molar-refractivity contribution in [2.45, 2.75) is 133 Å². The number of aliphatic imine (C=N–C) groups is 1. The van der Waals surface area contributed by atoms with Crippen molar-refractivity contribution in [3.63, 3.8) is 0 Å². The fourth-order valence-corrected chi connectivity index (χ4v) is 9.66. The standard InChI is InChI=1S/C45H71N13O12S2/c1-4-7-24(2)51-45(49)50-16-5-8-29-39(65)53-30(14-15-35(47)62)40(66)55-31(18-26-10-12-27(60)13-11-26)44(70)58-17-6-9-34(58)42(68)56-32(38(48)64)22-71-20-28(61)21-72-23-33(52-36(63)19-46)41(67)57-37(25(3)59)43(69)54-29/h10-13,24-25,29-34,37,59-60H,4-9,14-23,46H2,1-3H3,(H2,47,62)(H2,48,64)(H,52,63)(H,53,65)(H,54,69)(H,55,66)(H,56,68)(H,57,67)(H3,49,50,51)/t24?,25-,29+,30+,31+,32+,33+,34+,37+/m1/s1. The Hall–Kier alpha value is -6.19. The van der Waals surface area contributed by atoms with Crippen LogP contribution >= 0.6 is 23.5 Å². The number of nitrogens with zero attached hydrogens (tertiary/aromatic N) is 2. The van der Waals surface area contributed by atoms with Gasteiger partial charge in [-0.15, -0.1) is 0 Å². The van der Waals surface area contributed by atoms with Crippen LogP contribution in [0, 0.1) is 0 Å². The number of aromatic hydroxyl groups is 1. The highest BCUT2D eigenvalue weighted by molar-refractivity contribution is 8.01. The molecule has 1 aromatic carbocycles. The first-order chi connectivity index (χ1) is 34.1. The maximum absolute atomic E-state index is 14.5. The second kappa shape index (κ2) is 30.6. The fraction of sp³-hybridized carbons (Fsp3) is 0.622. The number of nitrogens with one attached hydrogen (secondary N) is 7. The number of nitrogens with two attached hydrogens (primary N) is 4. The summed E-state index contributed by atoms with van der Waals surface area (Å²) in [6.45, 7) is 4.73. The monoisotopic (exact) mass is 1050 g/mol. The van der Waals surface area contributed by atoms with Crippen LogP contribution in [0.25, 0.3) is 0 Å². The number of phenols is 1. The third kappa shape index (κ3) is 20.5. The molecule has 2 fully saturated rings. The molecule has 1 unspecified atom stereocenters. The number of rotatable bonds is 16. The van der Waals surface area contributed by atoms with Crippen molar-refractivity contribution in [1.82, 2.24) is 42.1 Å². The van der Waals surface area contributed by atoms with Gasteiger partial charge in [0.25, 0.3) is 0 Å². The molecule has 2 aliphatic rings. The van der Waals surface area contributed by atoms with Crippen molar-refractivity contribution in [2.75, 3.05) is 42.6 Å². The number of aliphatic hydroxyl groups is 1. The van der Waals surface area contributed by atoms with Gasteiger partial charge in [-0.2, -0.15) is 23.5 Å². The Balaban J connectivity index is 2.11. The molecule has 0 radical (unpaired) electrons. The third-order valence-electron chi connectivity index (χ3n) is 11.5. The number of fused-ring (bicyclic) bond motifs is 1. The Morgan fingerprint density at radius 3 is 2.07 bits per heavy atom. The van der Waals surface area contributed by atoms with Crippen LogP contribution in [0.5, 0.6) is 5.75 Å². The molecule has 0 aromatic heterocycles. The summed E-state index contributed by atoms with van der Waals surface area (Å²) in [5.74, 6) is -8.85. The number of thioether (sulfide) groups is 2. The van der Waals surface area contributed by atoms with E-state index in [4.69, 9.17) is 22.9 Å². The molecule has 9 amide bonds. The number of hydrogen-bond acceptors (Lipinski definition) is 16. The average Bonchev–Trinajstić information content (AvgIpc) is 3.82. The minimum absolute atomic E-state index is 0.0133. The van der Waals surface area contributed by atoms with Crippen LogP contribution in [0.1, 0.15) is 77.7 Å². The molecule has 2 heterocycles. The fourth-order valence-electron chi connectivity index (χ4n) is 7.68. The molecule has 0 spiro atoms. The molecule has 2 saturated heterocycles. The first-order valence-electron chi connectivity index (χ1n) is 23.7. The predicted molar refractivity (Wildman–Crippen MR) is 269 cm³/mol. The highest BCUT2D eigenvalue weighted by atomic mass is 32.2. The van der Waals surface area contributed by atoms with Gasteiger partial charge in [-0.05, 0) is 70.1 Å². The van der Waals surface area contributed by atoms with Crippen molar-refractivity contribution in [3.05, 3.63) is 29.8 Å². The van der Waals surface area contributed by atoms with Gasteiger partial charge in [0.1, 0.15) is 48.0 Å². The van der Waals surface area contributed by atoms with E-state index >= 15 is 0 Å². The molecule has 25 nitrogen and oxygen atoms in total. The molecule has 0 saturated carbocycles. The SMILES string of the molecule is CCCC(C)NC(N)=NCCC[C@@H]1NC(=O)[C@H]([C@@H](C)O)NC(=O)[C@@H](NC(=O)CN)CSCC(=O)CSC[C@@H](C(N)=O)NC(=O)[C@@H]2CCCN2C(=O)[C@H](Cc2ccc(O)cc2)NC(=O)[C@H](CCC(N)=O)NC1=O. The molecule has 1 aromatic rings. The lowest BCUT2D eigenvalue weighted by Crippen LogP contribution is -2.61. The van der Waals surface area contributed by atoms with Crippen molar-refractivity contribution in [3.8, 4) is 5.75 Å². The van der Waals surface area contributed by atoms with E-state index in [9.17, 15) is 58.2 Å². The second-order valence-electron chi connectivity index (χ2n) is 17.6. The van der Waals surface area contributed by atoms with Crippen molar-refractivity contribution < 1.29 is 58.2 Å². The van der Waals surface area contributed by atoms with Crippen LogP contribution in [0.2, 0.25) is 0 Å². The Labute approximate surface area is 426 Å². The van der Waals surface area contributed by atoms with Gasteiger partial charge in [0.05, 0.1) is 24.2 Å². The molecule has 2 aliphatic heterocycles. The van der Waals surface area contributed by atoms with Crippen LogP contribution in [0.3, 0.4) is 0 Å². The Morgan fingerprint density at radius 1 is 0.833 bits per heavy atom. The quantitative estimate of drug-likeness (QED) is 0.0425. The third-order valence-corrected chi connectivity index (χ3v) is 13.7. The number of Topliss-reactive ketones (excluding diaryl/α,β-unsaturated/α-hetero) is 1. The van der Waals surface area contributed by atoms with E-state index in [1.807, 2.05) is 13.8 Å². The molecule has 400 valence electrons. The highest BCUT2D eigenvalue weighted by Gasteiger charge is 2.40. The zero-order valence-electron chi connectivity index (χ0n) is 40.8. The molecule has 0 aliphatic carbocycles. The van der Waals surface area contributed by atoms with Crippen LogP contribution < -0.4 is 60.2 Å². The van der Waals surface area contributed by atoms with E-state index in [1.54, 1.807) is 0 Å². The summed E-state index contributed by atoms with van der Waals surface area (Å²) in [6, 6.07) is -4.25. The summed E-state index contributed by atoms with van der Waals surface area (Å²) in [5, 5.41) is 39.0. The van der Waals surface area contributed by atoms with Gasteiger partial charge in [-0.3, -0.25) is 52.9 Å². The van der Waals surface area contributed by atoms with Gasteiger partial charge >= 0.3 is 0 Å². The summed E-state index contributed by atoms with van der Waals surface area (Å²) >= 11 is 1.94. The lowest BCUT2D eigenvalue weighted by atomic mass is 10.0. The van der Waals surface area contributed by atoms with Gasteiger partial charge in [0.15, 0.2) is 11.7 Å². The minimum Gasteiger partial charge on any atom is -0.508 e. The summed E-state index contributed by atoms with van der Waals surface area (Å²) in [5.41, 5.74) is 23.2. The number of ketones is 1. The zero-order valence-corrected chi connectivity index (χ0v) is 42.4. The van der Waals surface area contributed by atoms with Crippen LogP contribution in [0.4, 0.5) is 0 Å². The molecule has 0 bridgehead atoms. The molecular weight excluding hydrogens is 979 g/mol. The highest BCUT2D eigenvalue weighted by Crippen LogP contribution is 2.22. The maximum atomic E-state index is 14.5. The number of hydrogen-bond donors (Lipinski definition) is 13. The number of primary amides is 2. The number of carbonyl (C=O) groups is 10. The molecule has 17 N–H and O–H groups in total. The number of carbonyl (C=O) groups excluding carboxylic acids is 10. The smallest absolute Gasteiger partial charge is 0.246 e. The summed E-state index contributed by atoms with van der Waals surface area (Å²) in [6.07, 6.45) is -0.403. The first kappa shape index (κ1) is 60.1. The number of benzene rings is 1. The van der Waals surface area contributed by atoms with E-state index in [1.165, 1.54) is 36.1 Å². The lowest BCUT2D eigenvalue weighted by Gasteiger charge is -2.31. The molecule has 3 rings (SSSR count). The second-order valence-corrected chi connectivity index (χ2v) is 19.6. The van der Waals surface area contributed by atoms with Crippen molar-refractivity contribution in [1.29, 1.82) is 0 Å². The average molecular weight is 1050 g/mol. The van der Waals surface area contributed by atoms with Gasteiger partial charge in [-0.25, -0.2) is 0 Å². The van der Waals surface area contributed by atoms with E-state index in [0.717, 1.165) is 36.4 Å². The van der Waals surface area contributed by atoms with Gasteiger partial charge in [0.2, 0.25) is 53.2 Å². The van der Waals surface area contributed by atoms with Gasteiger partial charge in [-0.1, -0.05) is 25.5 Å². The largest absolute Gasteiger partial charge is 0.508 e. The Bertz CT molecular complexity index is 2100. The van der Waals surface area contributed by atoms with Crippen LogP contribution in [0.15, 0.2) is 29.3 Å².